The van der Waals surface area contributed by atoms with E-state index >= 15 is 0 Å². The molecular formula is C20H32N4O2. The summed E-state index contributed by atoms with van der Waals surface area (Å²) < 4.78 is 7.97. The van der Waals surface area contributed by atoms with Crippen LogP contribution in [-0.4, -0.2) is 45.9 Å². The Morgan fingerprint density at radius 1 is 1.35 bits per heavy atom. The van der Waals surface area contributed by atoms with E-state index in [-0.39, 0.29) is 17.4 Å². The highest BCUT2D eigenvalue weighted by Gasteiger charge is 2.31. The fraction of sp³-hybridized carbons (Fsp3) is 0.800. The topological polar surface area (TPSA) is 59.4 Å². The zero-order chi connectivity index (χ0) is 18.1. The molecule has 1 aromatic heterocycles. The number of carbonyl (C=O) groups is 1. The summed E-state index contributed by atoms with van der Waals surface area (Å²) in [6.45, 7) is 9.95. The SMILES string of the molecule is CC1(C)C[C@@H](CN2CCn3nc(CNC(=O)C4CCC4)cc3C2)CCO1. The van der Waals surface area contributed by atoms with Gasteiger partial charge in [0, 0.05) is 32.2 Å². The number of hydrogen-bond acceptors (Lipinski definition) is 4. The highest BCUT2D eigenvalue weighted by molar-refractivity contribution is 5.79. The maximum atomic E-state index is 12.0. The minimum Gasteiger partial charge on any atom is -0.376 e. The molecule has 2 aliphatic heterocycles. The van der Waals surface area contributed by atoms with Gasteiger partial charge in [0.25, 0.3) is 0 Å². The molecule has 0 unspecified atom stereocenters. The van der Waals surface area contributed by atoms with Crippen molar-refractivity contribution in [2.24, 2.45) is 11.8 Å². The van der Waals surface area contributed by atoms with Crippen molar-refractivity contribution in [2.75, 3.05) is 19.7 Å². The third kappa shape index (κ3) is 4.12. The van der Waals surface area contributed by atoms with Crippen LogP contribution in [0.5, 0.6) is 0 Å². The smallest absolute Gasteiger partial charge is 0.223 e. The molecule has 1 atom stereocenters. The highest BCUT2D eigenvalue weighted by atomic mass is 16.5. The van der Waals surface area contributed by atoms with E-state index in [1.165, 1.54) is 12.1 Å². The maximum absolute atomic E-state index is 12.0. The summed E-state index contributed by atoms with van der Waals surface area (Å²) in [5.74, 6) is 1.16. The quantitative estimate of drug-likeness (QED) is 0.875. The minimum absolute atomic E-state index is 0.0201. The first-order chi connectivity index (χ1) is 12.5. The molecule has 4 rings (SSSR count). The first-order valence-electron chi connectivity index (χ1n) is 10.2. The van der Waals surface area contributed by atoms with Gasteiger partial charge in [-0.3, -0.25) is 14.4 Å². The zero-order valence-corrected chi connectivity index (χ0v) is 16.2. The third-order valence-corrected chi connectivity index (χ3v) is 6.16. The molecule has 1 aliphatic carbocycles. The van der Waals surface area contributed by atoms with Crippen molar-refractivity contribution < 1.29 is 9.53 Å². The molecule has 3 heterocycles. The minimum atomic E-state index is 0.0201. The van der Waals surface area contributed by atoms with Crippen molar-refractivity contribution in [1.82, 2.24) is 20.0 Å². The molecule has 0 spiro atoms. The average Bonchev–Trinajstić information content (AvgIpc) is 2.92. The van der Waals surface area contributed by atoms with Gasteiger partial charge >= 0.3 is 0 Å². The largest absolute Gasteiger partial charge is 0.376 e. The van der Waals surface area contributed by atoms with Crippen LogP contribution in [0.4, 0.5) is 0 Å². The first kappa shape index (κ1) is 18.0. The van der Waals surface area contributed by atoms with Gasteiger partial charge in [-0.15, -0.1) is 0 Å². The summed E-state index contributed by atoms with van der Waals surface area (Å²) in [6.07, 6.45) is 5.59. The highest BCUT2D eigenvalue weighted by Crippen LogP contribution is 2.30. The van der Waals surface area contributed by atoms with E-state index in [9.17, 15) is 4.79 Å². The number of ether oxygens (including phenoxy) is 1. The monoisotopic (exact) mass is 360 g/mol. The Kier molecular flexibility index (Phi) is 5.06. The van der Waals surface area contributed by atoms with Gasteiger partial charge in [0.15, 0.2) is 0 Å². The molecule has 1 saturated carbocycles. The van der Waals surface area contributed by atoms with Gasteiger partial charge in [0.05, 0.1) is 30.1 Å². The molecular weight excluding hydrogens is 328 g/mol. The molecule has 2 fully saturated rings. The molecule has 26 heavy (non-hydrogen) atoms. The predicted molar refractivity (Wildman–Crippen MR) is 99.4 cm³/mol. The van der Waals surface area contributed by atoms with Crippen LogP contribution >= 0.6 is 0 Å². The van der Waals surface area contributed by atoms with Gasteiger partial charge in [0.2, 0.25) is 5.91 Å². The summed E-state index contributed by atoms with van der Waals surface area (Å²) in [4.78, 5) is 14.6. The first-order valence-corrected chi connectivity index (χ1v) is 10.2. The lowest BCUT2D eigenvalue weighted by Gasteiger charge is -2.38. The summed E-state index contributed by atoms with van der Waals surface area (Å²) in [5.41, 5.74) is 2.28. The molecule has 144 valence electrons. The standard InChI is InChI=1S/C20H32N4O2/c1-20(2)11-15(6-9-26-20)13-23-7-8-24-18(14-23)10-17(22-24)12-21-19(25)16-4-3-5-16/h10,15-16H,3-9,11-14H2,1-2H3,(H,21,25)/t15-/m0/s1. The van der Waals surface area contributed by atoms with Crippen LogP contribution in [0, 0.1) is 11.8 Å². The van der Waals surface area contributed by atoms with Gasteiger partial charge in [-0.05, 0) is 51.5 Å². The second kappa shape index (κ2) is 7.31. The van der Waals surface area contributed by atoms with Gasteiger partial charge in [-0.25, -0.2) is 0 Å². The number of fused-ring (bicyclic) bond motifs is 1. The van der Waals surface area contributed by atoms with Crippen LogP contribution < -0.4 is 5.32 Å². The van der Waals surface area contributed by atoms with E-state index in [1.54, 1.807) is 0 Å². The number of nitrogens with one attached hydrogen (secondary N) is 1. The molecule has 0 aromatic carbocycles. The number of hydrogen-bond donors (Lipinski definition) is 1. The van der Waals surface area contributed by atoms with Crippen molar-refractivity contribution in [1.29, 1.82) is 0 Å². The van der Waals surface area contributed by atoms with Crippen molar-refractivity contribution in [3.8, 4) is 0 Å². The van der Waals surface area contributed by atoms with Crippen molar-refractivity contribution in [2.45, 2.75) is 71.2 Å². The lowest BCUT2D eigenvalue weighted by Crippen LogP contribution is -2.42. The molecule has 3 aliphatic rings. The molecule has 1 aromatic rings. The Morgan fingerprint density at radius 3 is 2.92 bits per heavy atom. The number of carbonyl (C=O) groups excluding carboxylic acids is 1. The molecule has 0 bridgehead atoms. The number of nitrogens with zero attached hydrogens (tertiary/aromatic N) is 3. The fourth-order valence-corrected chi connectivity index (χ4v) is 4.49. The van der Waals surface area contributed by atoms with Gasteiger partial charge in [-0.1, -0.05) is 6.42 Å². The Bertz CT molecular complexity index is 650. The number of amides is 1. The number of rotatable bonds is 5. The Morgan fingerprint density at radius 2 is 2.19 bits per heavy atom. The molecule has 1 saturated heterocycles. The lowest BCUT2D eigenvalue weighted by atomic mass is 9.85. The maximum Gasteiger partial charge on any atom is 0.223 e. The van der Waals surface area contributed by atoms with Gasteiger partial charge in [-0.2, -0.15) is 5.10 Å². The summed E-state index contributed by atoms with van der Waals surface area (Å²) in [5, 5.41) is 7.74. The van der Waals surface area contributed by atoms with Crippen LogP contribution in [0.25, 0.3) is 0 Å². The van der Waals surface area contributed by atoms with E-state index < -0.39 is 0 Å². The van der Waals surface area contributed by atoms with Crippen molar-refractivity contribution >= 4 is 5.91 Å². The second-order valence-electron chi connectivity index (χ2n) is 8.90. The average molecular weight is 361 g/mol. The molecule has 1 N–H and O–H groups in total. The Balaban J connectivity index is 1.29. The van der Waals surface area contributed by atoms with E-state index in [4.69, 9.17) is 4.74 Å². The predicted octanol–water partition coefficient (Wildman–Crippen LogP) is 2.32. The van der Waals surface area contributed by atoms with E-state index in [1.807, 2.05) is 0 Å². The summed E-state index contributed by atoms with van der Waals surface area (Å²) in [6, 6.07) is 2.17. The summed E-state index contributed by atoms with van der Waals surface area (Å²) >= 11 is 0. The molecule has 6 nitrogen and oxygen atoms in total. The van der Waals surface area contributed by atoms with E-state index in [0.29, 0.717) is 6.54 Å². The van der Waals surface area contributed by atoms with Crippen LogP contribution in [0.1, 0.15) is 57.3 Å². The fourth-order valence-electron chi connectivity index (χ4n) is 4.49. The number of aromatic nitrogens is 2. The van der Waals surface area contributed by atoms with Crippen LogP contribution in [0.3, 0.4) is 0 Å². The third-order valence-electron chi connectivity index (χ3n) is 6.16. The van der Waals surface area contributed by atoms with Gasteiger partial charge < -0.3 is 10.1 Å². The Hall–Kier alpha value is -1.40. The van der Waals surface area contributed by atoms with Crippen LogP contribution in [0.15, 0.2) is 6.07 Å². The Labute approximate surface area is 156 Å². The van der Waals surface area contributed by atoms with Gasteiger partial charge in [0.1, 0.15) is 0 Å². The van der Waals surface area contributed by atoms with Crippen LogP contribution in [-0.2, 0) is 29.2 Å². The lowest BCUT2D eigenvalue weighted by molar-refractivity contribution is -0.127. The zero-order valence-electron chi connectivity index (χ0n) is 16.2. The molecule has 0 radical (unpaired) electrons. The normalized spacial score (nSPS) is 26.2. The molecule has 1 amide bonds. The van der Waals surface area contributed by atoms with Crippen molar-refractivity contribution in [3.05, 3.63) is 17.5 Å². The van der Waals surface area contributed by atoms with E-state index in [0.717, 1.165) is 70.1 Å². The van der Waals surface area contributed by atoms with E-state index in [2.05, 4.69) is 39.9 Å². The summed E-state index contributed by atoms with van der Waals surface area (Å²) in [7, 11) is 0. The molecule has 6 heteroatoms. The van der Waals surface area contributed by atoms with Crippen LogP contribution in [0.2, 0.25) is 0 Å². The second-order valence-corrected chi connectivity index (χ2v) is 8.90. The van der Waals surface area contributed by atoms with Crippen molar-refractivity contribution in [3.63, 3.8) is 0 Å².